The Labute approximate surface area is 143 Å². The first-order chi connectivity index (χ1) is 11.0. The monoisotopic (exact) mass is 337 g/mol. The van der Waals surface area contributed by atoms with E-state index < -0.39 is 5.97 Å². The highest BCUT2D eigenvalue weighted by molar-refractivity contribution is 7.80. The first-order valence-corrected chi connectivity index (χ1v) is 8.81. The number of hydrogen-bond donors (Lipinski definition) is 3. The van der Waals surface area contributed by atoms with Gasteiger partial charge in [0.2, 0.25) is 0 Å². The maximum atomic E-state index is 12.3. The Morgan fingerprint density at radius 2 is 1.70 bits per heavy atom. The van der Waals surface area contributed by atoms with Gasteiger partial charge in [-0.15, -0.1) is 0 Å². The summed E-state index contributed by atoms with van der Waals surface area (Å²) in [5, 5.41) is 8.59. The zero-order valence-corrected chi connectivity index (χ0v) is 14.4. The van der Waals surface area contributed by atoms with E-state index in [4.69, 9.17) is 10.8 Å². The standard InChI is InChI=1S/C18H27NO3S/c19-16(9-5-11-18(21)22)8-4-10-17(20)15(13-23)12-14-6-2-1-3-7-14/h1-3,6-7,15-16,23H,4-5,8-13,19H2,(H,21,22). The Hall–Kier alpha value is -1.33. The second kappa shape index (κ2) is 11.2. The minimum atomic E-state index is -0.787. The summed E-state index contributed by atoms with van der Waals surface area (Å²) in [4.78, 5) is 22.7. The van der Waals surface area contributed by atoms with Gasteiger partial charge in [-0.3, -0.25) is 9.59 Å². The van der Waals surface area contributed by atoms with Gasteiger partial charge in [-0.25, -0.2) is 0 Å². The van der Waals surface area contributed by atoms with E-state index in [9.17, 15) is 9.59 Å². The molecule has 0 saturated heterocycles. The molecule has 0 bridgehead atoms. The van der Waals surface area contributed by atoms with Crippen molar-refractivity contribution < 1.29 is 14.7 Å². The van der Waals surface area contributed by atoms with Crippen LogP contribution in [-0.2, 0) is 16.0 Å². The molecule has 1 aromatic rings. The molecule has 4 nitrogen and oxygen atoms in total. The molecule has 0 heterocycles. The molecule has 0 aromatic heterocycles. The van der Waals surface area contributed by atoms with Crippen molar-refractivity contribution in [2.45, 2.75) is 51.0 Å². The minimum absolute atomic E-state index is 0.0225. The largest absolute Gasteiger partial charge is 0.481 e. The molecule has 1 rings (SSSR count). The van der Waals surface area contributed by atoms with Gasteiger partial charge in [0, 0.05) is 30.6 Å². The molecule has 0 radical (unpaired) electrons. The molecule has 0 amide bonds. The first-order valence-electron chi connectivity index (χ1n) is 8.17. The van der Waals surface area contributed by atoms with Crippen molar-refractivity contribution in [1.82, 2.24) is 0 Å². The lowest BCUT2D eigenvalue weighted by Gasteiger charge is -2.15. The van der Waals surface area contributed by atoms with E-state index in [1.54, 1.807) is 0 Å². The smallest absolute Gasteiger partial charge is 0.303 e. The van der Waals surface area contributed by atoms with Crippen molar-refractivity contribution in [3.63, 3.8) is 0 Å². The van der Waals surface area contributed by atoms with Crippen LogP contribution in [0.4, 0.5) is 0 Å². The predicted octanol–water partition coefficient (Wildman–Crippen LogP) is 3.10. The van der Waals surface area contributed by atoms with E-state index in [0.29, 0.717) is 25.0 Å². The van der Waals surface area contributed by atoms with Crippen molar-refractivity contribution in [1.29, 1.82) is 0 Å². The Balaban J connectivity index is 2.27. The average molecular weight is 337 g/mol. The quantitative estimate of drug-likeness (QED) is 0.512. The molecule has 5 heteroatoms. The van der Waals surface area contributed by atoms with Gasteiger partial charge in [-0.1, -0.05) is 30.3 Å². The summed E-state index contributed by atoms with van der Waals surface area (Å²) in [6.07, 6.45) is 4.21. The van der Waals surface area contributed by atoms with E-state index in [1.807, 2.05) is 30.3 Å². The fourth-order valence-electron chi connectivity index (χ4n) is 2.58. The number of carboxylic acids is 1. The van der Waals surface area contributed by atoms with E-state index in [0.717, 1.165) is 24.8 Å². The Bertz CT molecular complexity index is 478. The van der Waals surface area contributed by atoms with Gasteiger partial charge in [-0.05, 0) is 37.7 Å². The van der Waals surface area contributed by atoms with Crippen molar-refractivity contribution in [2.24, 2.45) is 11.7 Å². The fraction of sp³-hybridized carbons (Fsp3) is 0.556. The van der Waals surface area contributed by atoms with Crippen LogP contribution in [0.15, 0.2) is 30.3 Å². The summed E-state index contributed by atoms with van der Waals surface area (Å²) in [5.41, 5.74) is 7.12. The van der Waals surface area contributed by atoms with Crippen LogP contribution in [0, 0.1) is 5.92 Å². The minimum Gasteiger partial charge on any atom is -0.481 e. The SMILES string of the molecule is NC(CCCC(=O)O)CCCC(=O)C(CS)Cc1ccccc1. The second-order valence-electron chi connectivity index (χ2n) is 5.97. The van der Waals surface area contributed by atoms with Crippen LogP contribution in [0.1, 0.15) is 44.1 Å². The normalized spacial score (nSPS) is 13.5. The number of Topliss-reactive ketones (excluding diaryl/α,β-unsaturated/α-hetero) is 1. The number of thiol groups is 1. The number of benzene rings is 1. The number of aliphatic carboxylic acids is 1. The molecule has 1 aromatic carbocycles. The van der Waals surface area contributed by atoms with E-state index in [2.05, 4.69) is 12.6 Å². The summed E-state index contributed by atoms with van der Waals surface area (Å²) in [7, 11) is 0. The van der Waals surface area contributed by atoms with Crippen LogP contribution in [0.3, 0.4) is 0 Å². The third-order valence-corrected chi connectivity index (χ3v) is 4.41. The van der Waals surface area contributed by atoms with Gasteiger partial charge in [0.05, 0.1) is 0 Å². The Morgan fingerprint density at radius 3 is 2.26 bits per heavy atom. The molecule has 0 aliphatic rings. The van der Waals surface area contributed by atoms with Crippen LogP contribution >= 0.6 is 12.6 Å². The number of carbonyl (C=O) groups excluding carboxylic acids is 1. The summed E-state index contributed by atoms with van der Waals surface area (Å²) >= 11 is 4.31. The third kappa shape index (κ3) is 8.77. The maximum Gasteiger partial charge on any atom is 0.303 e. The van der Waals surface area contributed by atoms with Crippen molar-refractivity contribution in [3.05, 3.63) is 35.9 Å². The van der Waals surface area contributed by atoms with Crippen LogP contribution < -0.4 is 5.73 Å². The Kier molecular flexibility index (Phi) is 9.64. The van der Waals surface area contributed by atoms with Crippen LogP contribution in [0.5, 0.6) is 0 Å². The van der Waals surface area contributed by atoms with Crippen molar-refractivity contribution >= 4 is 24.4 Å². The average Bonchev–Trinajstić information content (AvgIpc) is 2.53. The lowest BCUT2D eigenvalue weighted by Crippen LogP contribution is -2.22. The molecule has 128 valence electrons. The molecular formula is C18H27NO3S. The van der Waals surface area contributed by atoms with Gasteiger partial charge in [0.15, 0.2) is 0 Å². The van der Waals surface area contributed by atoms with E-state index in [-0.39, 0.29) is 24.2 Å². The summed E-state index contributed by atoms with van der Waals surface area (Å²) in [5.74, 6) is -0.0475. The van der Waals surface area contributed by atoms with Crippen LogP contribution in [0.2, 0.25) is 0 Å². The highest BCUT2D eigenvalue weighted by Crippen LogP contribution is 2.15. The molecular weight excluding hydrogens is 310 g/mol. The highest BCUT2D eigenvalue weighted by Gasteiger charge is 2.17. The maximum absolute atomic E-state index is 12.3. The van der Waals surface area contributed by atoms with Crippen molar-refractivity contribution in [2.75, 3.05) is 5.75 Å². The zero-order chi connectivity index (χ0) is 17.1. The number of rotatable bonds is 12. The van der Waals surface area contributed by atoms with Crippen LogP contribution in [-0.4, -0.2) is 28.7 Å². The molecule has 0 fully saturated rings. The van der Waals surface area contributed by atoms with Gasteiger partial charge < -0.3 is 10.8 Å². The van der Waals surface area contributed by atoms with Crippen molar-refractivity contribution in [3.8, 4) is 0 Å². The van der Waals surface area contributed by atoms with E-state index in [1.165, 1.54) is 0 Å². The predicted molar refractivity (Wildman–Crippen MR) is 95.8 cm³/mol. The molecule has 0 aliphatic carbocycles. The second-order valence-corrected chi connectivity index (χ2v) is 6.34. The molecule has 23 heavy (non-hydrogen) atoms. The topological polar surface area (TPSA) is 80.4 Å². The molecule has 0 aliphatic heterocycles. The lowest BCUT2D eigenvalue weighted by atomic mass is 9.93. The first kappa shape index (κ1) is 19.7. The lowest BCUT2D eigenvalue weighted by molar-refractivity contribution is -0.137. The van der Waals surface area contributed by atoms with Gasteiger partial charge in [0.25, 0.3) is 0 Å². The number of carboxylic acid groups (broad SMARTS) is 1. The molecule has 2 unspecified atom stereocenters. The summed E-state index contributed by atoms with van der Waals surface area (Å²) < 4.78 is 0. The third-order valence-electron chi connectivity index (χ3n) is 3.96. The van der Waals surface area contributed by atoms with Crippen LogP contribution in [0.25, 0.3) is 0 Å². The number of nitrogens with two attached hydrogens (primary N) is 1. The van der Waals surface area contributed by atoms with Gasteiger partial charge in [-0.2, -0.15) is 12.6 Å². The zero-order valence-electron chi connectivity index (χ0n) is 13.5. The molecule has 2 atom stereocenters. The highest BCUT2D eigenvalue weighted by atomic mass is 32.1. The number of hydrogen-bond acceptors (Lipinski definition) is 4. The van der Waals surface area contributed by atoms with Gasteiger partial charge in [0.1, 0.15) is 5.78 Å². The molecule has 0 saturated carbocycles. The Morgan fingerprint density at radius 1 is 1.09 bits per heavy atom. The molecule has 3 N–H and O–H groups in total. The summed E-state index contributed by atoms with van der Waals surface area (Å²) in [6, 6.07) is 9.96. The summed E-state index contributed by atoms with van der Waals surface area (Å²) in [6.45, 7) is 0. The number of ketones is 1. The fourth-order valence-corrected chi connectivity index (χ4v) is 2.91. The van der Waals surface area contributed by atoms with Gasteiger partial charge >= 0.3 is 5.97 Å². The van der Waals surface area contributed by atoms with E-state index >= 15 is 0 Å². The number of carbonyl (C=O) groups is 2. The molecule has 0 spiro atoms.